The Kier molecular flexibility index (Phi) is 15.8. The van der Waals surface area contributed by atoms with Gasteiger partial charge >= 0.3 is 11.9 Å². The Morgan fingerprint density at radius 2 is 1.21 bits per heavy atom. The summed E-state index contributed by atoms with van der Waals surface area (Å²) in [6.45, 7) is 4.96. The Morgan fingerprint density at radius 3 is 1.54 bits per heavy atom. The number of hydrogen-bond donors (Lipinski definition) is 2. The zero-order valence-electron chi connectivity index (χ0n) is 14.8. The summed E-state index contributed by atoms with van der Waals surface area (Å²) in [4.78, 5) is 23.2. The predicted octanol–water partition coefficient (Wildman–Crippen LogP) is 2.49. The van der Waals surface area contributed by atoms with Crippen LogP contribution in [0.5, 0.6) is 0 Å². The molecule has 0 bridgehead atoms. The molecule has 0 aromatic carbocycles. The minimum Gasteiger partial charge on any atom is -0.465 e. The van der Waals surface area contributed by atoms with Crippen molar-refractivity contribution in [1.82, 2.24) is 0 Å². The maximum Gasteiger partial charge on any atom is 0.322 e. The zero-order chi connectivity index (χ0) is 18.2. The number of carbonyl (C=O) groups is 2. The van der Waals surface area contributed by atoms with Crippen LogP contribution in [0.1, 0.15) is 52.4 Å². The molecule has 24 heavy (non-hydrogen) atoms. The van der Waals surface area contributed by atoms with E-state index in [-0.39, 0.29) is 11.9 Å². The molecule has 4 N–H and O–H groups in total. The zero-order valence-corrected chi connectivity index (χ0v) is 16.5. The molecule has 0 aromatic rings. The Bertz CT molecular complexity index is 314. The van der Waals surface area contributed by atoms with Crippen LogP contribution in [0.4, 0.5) is 0 Å². The van der Waals surface area contributed by atoms with Crippen molar-refractivity contribution in [3.05, 3.63) is 0 Å². The fourth-order valence-electron chi connectivity index (χ4n) is 1.55. The topological polar surface area (TPSA) is 105 Å². The van der Waals surface area contributed by atoms with E-state index in [1.54, 1.807) is 21.6 Å². The molecule has 0 rings (SSSR count). The van der Waals surface area contributed by atoms with Crippen molar-refractivity contribution in [2.45, 2.75) is 64.5 Å². The smallest absolute Gasteiger partial charge is 0.322 e. The van der Waals surface area contributed by atoms with Gasteiger partial charge in [0.05, 0.1) is 13.2 Å². The summed E-state index contributed by atoms with van der Waals surface area (Å²) in [5, 5.41) is 0. The highest BCUT2D eigenvalue weighted by Gasteiger charge is 2.16. The van der Waals surface area contributed by atoms with E-state index in [9.17, 15) is 9.59 Å². The molecule has 8 heteroatoms. The summed E-state index contributed by atoms with van der Waals surface area (Å²) in [6, 6.07) is -1.13. The minimum atomic E-state index is -0.564. The van der Waals surface area contributed by atoms with Gasteiger partial charge < -0.3 is 20.9 Å². The van der Waals surface area contributed by atoms with Gasteiger partial charge in [0.1, 0.15) is 12.1 Å². The third-order valence-electron chi connectivity index (χ3n) is 3.20. The lowest BCUT2D eigenvalue weighted by atomic mass is 10.2. The average molecular weight is 381 g/mol. The van der Waals surface area contributed by atoms with E-state index in [1.165, 1.54) is 0 Å². The van der Waals surface area contributed by atoms with Crippen LogP contribution in [0.15, 0.2) is 0 Å². The van der Waals surface area contributed by atoms with Gasteiger partial charge in [-0.2, -0.15) is 0 Å². The molecule has 0 saturated heterocycles. The summed E-state index contributed by atoms with van der Waals surface area (Å²) >= 11 is 0. The molecule has 0 aliphatic rings. The first kappa shape index (κ1) is 23.6. The fourth-order valence-corrected chi connectivity index (χ4v) is 3.77. The highest BCUT2D eigenvalue weighted by atomic mass is 33.1. The summed E-state index contributed by atoms with van der Waals surface area (Å²) in [5.41, 5.74) is 11.6. The lowest BCUT2D eigenvalue weighted by Crippen LogP contribution is -2.33. The number of carbonyl (C=O) groups excluding carboxylic acids is 2. The molecule has 0 amide bonds. The second-order valence-electron chi connectivity index (χ2n) is 5.48. The number of unbranched alkanes of at least 4 members (excludes halogenated alkanes) is 2. The van der Waals surface area contributed by atoms with Crippen molar-refractivity contribution < 1.29 is 19.1 Å². The summed E-state index contributed by atoms with van der Waals surface area (Å²) in [6.07, 6.45) is 4.86. The van der Waals surface area contributed by atoms with Gasteiger partial charge in [-0.15, -0.1) is 0 Å². The molecule has 0 spiro atoms. The van der Waals surface area contributed by atoms with Crippen LogP contribution in [0.3, 0.4) is 0 Å². The summed E-state index contributed by atoms with van der Waals surface area (Å²) in [5.74, 6) is 0.854. The van der Waals surface area contributed by atoms with Crippen LogP contribution in [-0.4, -0.2) is 48.7 Å². The number of hydrogen-bond acceptors (Lipinski definition) is 8. The second-order valence-corrected chi connectivity index (χ2v) is 8.18. The van der Waals surface area contributed by atoms with E-state index in [1.807, 2.05) is 13.8 Å². The molecule has 0 saturated carbocycles. The van der Waals surface area contributed by atoms with Crippen molar-refractivity contribution in [2.75, 3.05) is 24.7 Å². The summed E-state index contributed by atoms with van der Waals surface area (Å²) < 4.78 is 10.1. The van der Waals surface area contributed by atoms with Crippen LogP contribution in [0.2, 0.25) is 0 Å². The molecule has 0 heterocycles. The van der Waals surface area contributed by atoms with Gasteiger partial charge in [0.15, 0.2) is 0 Å². The van der Waals surface area contributed by atoms with Crippen LogP contribution in [-0.2, 0) is 19.1 Å². The van der Waals surface area contributed by atoms with Crippen molar-refractivity contribution >= 4 is 33.5 Å². The Morgan fingerprint density at radius 1 is 0.833 bits per heavy atom. The first-order valence-corrected chi connectivity index (χ1v) is 11.1. The van der Waals surface area contributed by atoms with Crippen LogP contribution >= 0.6 is 21.6 Å². The van der Waals surface area contributed by atoms with Gasteiger partial charge in [-0.1, -0.05) is 48.3 Å². The van der Waals surface area contributed by atoms with E-state index >= 15 is 0 Å². The number of nitrogens with two attached hydrogens (primary N) is 2. The molecular weight excluding hydrogens is 348 g/mol. The van der Waals surface area contributed by atoms with Gasteiger partial charge in [-0.3, -0.25) is 9.59 Å². The number of rotatable bonds is 15. The molecule has 6 nitrogen and oxygen atoms in total. The minimum absolute atomic E-state index is 0.328. The van der Waals surface area contributed by atoms with Crippen LogP contribution < -0.4 is 11.5 Å². The normalized spacial score (nSPS) is 13.3. The first-order chi connectivity index (χ1) is 11.5. The molecule has 0 aliphatic heterocycles. The lowest BCUT2D eigenvalue weighted by molar-refractivity contribution is -0.146. The third-order valence-corrected chi connectivity index (χ3v) is 5.67. The van der Waals surface area contributed by atoms with E-state index < -0.39 is 12.1 Å². The van der Waals surface area contributed by atoms with E-state index in [2.05, 4.69) is 0 Å². The van der Waals surface area contributed by atoms with Crippen LogP contribution in [0, 0.1) is 0 Å². The van der Waals surface area contributed by atoms with E-state index in [0.29, 0.717) is 26.1 Å². The average Bonchev–Trinajstić information content (AvgIpc) is 2.57. The third kappa shape index (κ3) is 12.9. The molecule has 2 unspecified atom stereocenters. The molecule has 0 radical (unpaired) electrons. The SMILES string of the molecule is CCCCOC(=O)C(N)CCSSCCC(N)C(=O)OCCCC. The van der Waals surface area contributed by atoms with Crippen molar-refractivity contribution in [2.24, 2.45) is 11.5 Å². The number of ether oxygens (including phenoxy) is 2. The highest BCUT2D eigenvalue weighted by Crippen LogP contribution is 2.23. The molecule has 0 aromatic heterocycles. The highest BCUT2D eigenvalue weighted by molar-refractivity contribution is 8.76. The molecule has 2 atom stereocenters. The monoisotopic (exact) mass is 380 g/mol. The predicted molar refractivity (Wildman–Crippen MR) is 102 cm³/mol. The van der Waals surface area contributed by atoms with Gasteiger partial charge in [-0.05, 0) is 25.7 Å². The molecule has 0 fully saturated rings. The standard InChI is InChI=1S/C16H32N2O4S2/c1-3-5-9-21-15(19)13(17)7-11-23-24-12-8-14(18)16(20)22-10-6-4-2/h13-14H,3-12,17-18H2,1-2H3. The Hall–Kier alpha value is -0.440. The largest absolute Gasteiger partial charge is 0.465 e. The maximum absolute atomic E-state index is 11.6. The van der Waals surface area contributed by atoms with Crippen LogP contribution in [0.25, 0.3) is 0 Å². The quantitative estimate of drug-likeness (QED) is 0.254. The van der Waals surface area contributed by atoms with Gasteiger partial charge in [0.2, 0.25) is 0 Å². The second kappa shape index (κ2) is 16.1. The lowest BCUT2D eigenvalue weighted by Gasteiger charge is -2.12. The van der Waals surface area contributed by atoms with Crippen molar-refractivity contribution in [3.8, 4) is 0 Å². The fraction of sp³-hybridized carbons (Fsp3) is 0.875. The molecular formula is C16H32N2O4S2. The Balaban J connectivity index is 3.58. The van der Waals surface area contributed by atoms with Crippen molar-refractivity contribution in [3.63, 3.8) is 0 Å². The Labute approximate surface area is 153 Å². The maximum atomic E-state index is 11.6. The van der Waals surface area contributed by atoms with E-state index in [0.717, 1.165) is 37.2 Å². The van der Waals surface area contributed by atoms with Gasteiger partial charge in [-0.25, -0.2) is 0 Å². The summed E-state index contributed by atoms with van der Waals surface area (Å²) in [7, 11) is 3.25. The van der Waals surface area contributed by atoms with Gasteiger partial charge in [0, 0.05) is 11.5 Å². The number of esters is 2. The van der Waals surface area contributed by atoms with E-state index in [4.69, 9.17) is 20.9 Å². The van der Waals surface area contributed by atoms with Gasteiger partial charge in [0.25, 0.3) is 0 Å². The van der Waals surface area contributed by atoms with Crippen molar-refractivity contribution in [1.29, 1.82) is 0 Å². The first-order valence-electron chi connectivity index (χ1n) is 8.61. The molecule has 0 aliphatic carbocycles. The molecule has 142 valence electrons.